The van der Waals surface area contributed by atoms with E-state index in [-0.39, 0.29) is 0 Å². The minimum atomic E-state index is -1.89. The number of esters is 6. The van der Waals surface area contributed by atoms with Crippen LogP contribution < -0.4 is 5.32 Å². The number of carbonyl (C=O) groups is 7. The van der Waals surface area contributed by atoms with Crippen LogP contribution in [-0.4, -0.2) is 121 Å². The second-order valence-corrected chi connectivity index (χ2v) is 9.84. The number of nitrogens with one attached hydrogen (secondary N) is 1. The Morgan fingerprint density at radius 2 is 1.00 bits per heavy atom. The van der Waals surface area contributed by atoms with Gasteiger partial charge in [-0.05, 0) is 0 Å². The van der Waals surface area contributed by atoms with Gasteiger partial charge in [0, 0.05) is 48.5 Å². The molecule has 0 aromatic rings. The number of amides is 1. The number of aliphatic hydroxyl groups is 1. The monoisotopic (exact) mass is 635 g/mol. The molecule has 0 unspecified atom stereocenters. The van der Waals surface area contributed by atoms with Crippen molar-refractivity contribution in [3.8, 4) is 0 Å². The molecule has 2 saturated heterocycles. The molecule has 18 nitrogen and oxygen atoms in total. The van der Waals surface area contributed by atoms with E-state index in [1.165, 1.54) is 0 Å². The lowest BCUT2D eigenvalue weighted by molar-refractivity contribution is -0.343. The first-order chi connectivity index (χ1) is 20.5. The molecule has 2 rings (SSSR count). The summed E-state index contributed by atoms with van der Waals surface area (Å²) in [4.78, 5) is 83.7. The molecule has 248 valence electrons. The third-order valence-corrected chi connectivity index (χ3v) is 6.03. The summed E-state index contributed by atoms with van der Waals surface area (Å²) < 4.78 is 49.1. The van der Waals surface area contributed by atoms with Crippen LogP contribution in [0.3, 0.4) is 0 Å². The van der Waals surface area contributed by atoms with Gasteiger partial charge in [-0.15, -0.1) is 0 Å². The summed E-state index contributed by atoms with van der Waals surface area (Å²) in [5.41, 5.74) is 0. The van der Waals surface area contributed by atoms with E-state index in [4.69, 9.17) is 42.6 Å². The number of carbonyl (C=O) groups excluding carboxylic acids is 7. The molecule has 10 atom stereocenters. The normalized spacial score (nSPS) is 31.5. The third-order valence-electron chi connectivity index (χ3n) is 6.03. The predicted octanol–water partition coefficient (Wildman–Crippen LogP) is -1.83. The molecule has 0 saturated carbocycles. The van der Waals surface area contributed by atoms with Crippen molar-refractivity contribution in [1.82, 2.24) is 5.32 Å². The number of aliphatic hydroxyl groups excluding tert-OH is 1. The smallest absolute Gasteiger partial charge is 0.303 e. The van der Waals surface area contributed by atoms with Gasteiger partial charge < -0.3 is 53.1 Å². The zero-order valence-corrected chi connectivity index (χ0v) is 25.2. The Morgan fingerprint density at radius 3 is 1.45 bits per heavy atom. The number of hydrogen-bond donors (Lipinski definition) is 2. The molecular formula is C26H37NO17. The van der Waals surface area contributed by atoms with E-state index in [9.17, 15) is 38.7 Å². The quantitative estimate of drug-likeness (QED) is 0.188. The summed E-state index contributed by atoms with van der Waals surface area (Å²) >= 11 is 0. The van der Waals surface area contributed by atoms with Gasteiger partial charge in [0.15, 0.2) is 37.0 Å². The second-order valence-electron chi connectivity index (χ2n) is 9.84. The van der Waals surface area contributed by atoms with Crippen LogP contribution >= 0.6 is 0 Å². The Bertz CT molecular complexity index is 1090. The van der Waals surface area contributed by atoms with Crippen LogP contribution in [0.4, 0.5) is 0 Å². The summed E-state index contributed by atoms with van der Waals surface area (Å²) in [5.74, 6) is -5.65. The highest BCUT2D eigenvalue weighted by Crippen LogP contribution is 2.33. The largest absolute Gasteiger partial charge is 0.463 e. The first kappa shape index (κ1) is 36.3. The predicted molar refractivity (Wildman–Crippen MR) is 138 cm³/mol. The SMILES string of the molecule is CC(=O)N[C@H]1[C@H](O[C@H]2[C@H](OC(C)=O)[C@@H](OC(C)=O)[C@H](O)O[C@@H]2COC(C)=O)O[C@H](COC(C)=O)[C@@H](OC(C)=O)[C@@H]1OC(C)=O. The highest BCUT2D eigenvalue weighted by Gasteiger charge is 2.56. The summed E-state index contributed by atoms with van der Waals surface area (Å²) in [6.07, 6.45) is -14.1. The van der Waals surface area contributed by atoms with Gasteiger partial charge in [0.25, 0.3) is 0 Å². The summed E-state index contributed by atoms with van der Waals surface area (Å²) in [6.45, 7) is 6.36. The van der Waals surface area contributed by atoms with Crippen LogP contribution in [0.2, 0.25) is 0 Å². The average Bonchev–Trinajstić information content (AvgIpc) is 2.87. The zero-order valence-electron chi connectivity index (χ0n) is 25.2. The van der Waals surface area contributed by atoms with Crippen molar-refractivity contribution >= 4 is 41.7 Å². The van der Waals surface area contributed by atoms with E-state index in [0.29, 0.717) is 0 Å². The molecule has 18 heteroatoms. The lowest BCUT2D eigenvalue weighted by atomic mass is 9.94. The van der Waals surface area contributed by atoms with Crippen LogP contribution in [0.15, 0.2) is 0 Å². The van der Waals surface area contributed by atoms with E-state index in [2.05, 4.69) is 5.32 Å². The number of ether oxygens (including phenoxy) is 9. The van der Waals surface area contributed by atoms with Crippen LogP contribution in [0.1, 0.15) is 48.5 Å². The fourth-order valence-electron chi connectivity index (χ4n) is 4.60. The van der Waals surface area contributed by atoms with Crippen molar-refractivity contribution < 1.29 is 81.3 Å². The average molecular weight is 636 g/mol. The third kappa shape index (κ3) is 10.7. The number of hydrogen-bond acceptors (Lipinski definition) is 17. The van der Waals surface area contributed by atoms with E-state index < -0.39 is 116 Å². The molecular weight excluding hydrogens is 598 g/mol. The standard InChI is InChI=1S/C26H37NO17/c1-10(28)27-19-22(39-14(5)32)20(38-13(4)31)18(9-37-12(3)30)43-26(19)44-21-17(8-36-11(2)29)42-25(35)24(41-16(7)34)23(21)40-15(6)33/h17-26,35H,8-9H2,1-7H3,(H,27,28)/t17-,18-,19-,20-,21-,22-,23+,24-,25-,26+/m1/s1. The highest BCUT2D eigenvalue weighted by atomic mass is 16.7. The van der Waals surface area contributed by atoms with E-state index in [0.717, 1.165) is 48.5 Å². The molecule has 2 heterocycles. The first-order valence-corrected chi connectivity index (χ1v) is 13.4. The minimum absolute atomic E-state index is 0.544. The van der Waals surface area contributed by atoms with Gasteiger partial charge in [0.2, 0.25) is 5.91 Å². The molecule has 0 radical (unpaired) electrons. The summed E-state index contributed by atoms with van der Waals surface area (Å²) in [7, 11) is 0. The van der Waals surface area contributed by atoms with Gasteiger partial charge in [-0.25, -0.2) is 0 Å². The van der Waals surface area contributed by atoms with Crippen LogP contribution in [-0.2, 0) is 76.2 Å². The minimum Gasteiger partial charge on any atom is -0.463 e. The molecule has 0 bridgehead atoms. The summed E-state index contributed by atoms with van der Waals surface area (Å²) in [5, 5.41) is 13.1. The maximum atomic E-state index is 12.3. The van der Waals surface area contributed by atoms with Crippen LogP contribution in [0.5, 0.6) is 0 Å². The van der Waals surface area contributed by atoms with Gasteiger partial charge in [-0.2, -0.15) is 0 Å². The Balaban J connectivity index is 2.66. The molecule has 0 aromatic heterocycles. The Kier molecular flexibility index (Phi) is 13.4. The van der Waals surface area contributed by atoms with Crippen molar-refractivity contribution in [2.24, 2.45) is 0 Å². The topological polar surface area (TPSA) is 235 Å². The Morgan fingerprint density at radius 1 is 0.568 bits per heavy atom. The van der Waals surface area contributed by atoms with Crippen molar-refractivity contribution in [3.63, 3.8) is 0 Å². The van der Waals surface area contributed by atoms with Gasteiger partial charge in [0.05, 0.1) is 0 Å². The summed E-state index contributed by atoms with van der Waals surface area (Å²) in [6, 6.07) is -1.44. The van der Waals surface area contributed by atoms with Crippen LogP contribution in [0, 0.1) is 0 Å². The van der Waals surface area contributed by atoms with E-state index in [1.54, 1.807) is 0 Å². The van der Waals surface area contributed by atoms with E-state index in [1.807, 2.05) is 0 Å². The molecule has 44 heavy (non-hydrogen) atoms. The molecule has 2 aliphatic heterocycles. The van der Waals surface area contributed by atoms with Gasteiger partial charge >= 0.3 is 35.8 Å². The van der Waals surface area contributed by atoms with Gasteiger partial charge in [0.1, 0.15) is 37.6 Å². The van der Waals surface area contributed by atoms with Crippen molar-refractivity contribution in [3.05, 3.63) is 0 Å². The molecule has 2 N–H and O–H groups in total. The lowest BCUT2D eigenvalue weighted by Gasteiger charge is -2.48. The highest BCUT2D eigenvalue weighted by molar-refractivity contribution is 5.74. The van der Waals surface area contributed by atoms with Gasteiger partial charge in [-0.1, -0.05) is 0 Å². The maximum Gasteiger partial charge on any atom is 0.303 e. The Hall–Kier alpha value is -3.87. The lowest BCUT2D eigenvalue weighted by Crippen LogP contribution is -2.69. The molecule has 2 aliphatic rings. The van der Waals surface area contributed by atoms with Crippen LogP contribution in [0.25, 0.3) is 0 Å². The van der Waals surface area contributed by atoms with Crippen molar-refractivity contribution in [2.75, 3.05) is 13.2 Å². The Labute approximate surface area is 251 Å². The van der Waals surface area contributed by atoms with E-state index >= 15 is 0 Å². The van der Waals surface area contributed by atoms with Crippen molar-refractivity contribution in [2.45, 2.75) is 110 Å². The molecule has 0 spiro atoms. The number of rotatable bonds is 11. The fraction of sp³-hybridized carbons (Fsp3) is 0.731. The molecule has 1 amide bonds. The molecule has 0 aliphatic carbocycles. The van der Waals surface area contributed by atoms with Gasteiger partial charge in [-0.3, -0.25) is 33.6 Å². The first-order valence-electron chi connectivity index (χ1n) is 13.4. The molecule has 2 fully saturated rings. The maximum absolute atomic E-state index is 12.3. The second kappa shape index (κ2) is 16.3. The fourth-order valence-corrected chi connectivity index (χ4v) is 4.60. The zero-order chi connectivity index (χ0) is 33.3. The molecule has 0 aromatic carbocycles. The van der Waals surface area contributed by atoms with Crippen molar-refractivity contribution in [1.29, 1.82) is 0 Å².